The van der Waals surface area contributed by atoms with Gasteiger partial charge in [0.15, 0.2) is 5.82 Å². The van der Waals surface area contributed by atoms with E-state index in [2.05, 4.69) is 26.7 Å². The smallest absolute Gasteiger partial charge is 0.241 e. The largest absolute Gasteiger partial charge is 0.330 e. The lowest BCUT2D eigenvalue weighted by Gasteiger charge is -2.38. The number of H-pyrrole nitrogens is 1. The molecular weight excluding hydrogens is 422 g/mol. The first-order valence-electron chi connectivity index (χ1n) is 11.3. The minimum Gasteiger partial charge on any atom is -0.330 e. The topological polar surface area (TPSA) is 148 Å². The van der Waals surface area contributed by atoms with Gasteiger partial charge in [-0.2, -0.15) is 5.26 Å². The van der Waals surface area contributed by atoms with Crippen molar-refractivity contribution in [1.82, 2.24) is 35.3 Å². The van der Waals surface area contributed by atoms with Gasteiger partial charge in [-0.15, -0.1) is 5.10 Å². The number of carbonyl (C=O) groups excluding carboxylic acids is 2. The van der Waals surface area contributed by atoms with Crippen molar-refractivity contribution in [2.75, 3.05) is 19.6 Å². The molecule has 3 aliphatic heterocycles. The second-order valence-corrected chi connectivity index (χ2v) is 9.08. The number of aromatic nitrogens is 4. The maximum atomic E-state index is 13.3. The van der Waals surface area contributed by atoms with Gasteiger partial charge in [-0.05, 0) is 48.2 Å². The quantitative estimate of drug-likeness (QED) is 0.629. The summed E-state index contributed by atoms with van der Waals surface area (Å²) in [6.45, 7) is 3.63. The molecule has 2 aromatic rings. The van der Waals surface area contributed by atoms with Crippen molar-refractivity contribution < 1.29 is 9.59 Å². The maximum absolute atomic E-state index is 13.3. The molecule has 33 heavy (non-hydrogen) atoms. The Morgan fingerprint density at radius 3 is 3.00 bits per heavy atom. The van der Waals surface area contributed by atoms with Gasteiger partial charge in [-0.25, -0.2) is 5.10 Å². The molecule has 2 bridgehead atoms. The zero-order valence-corrected chi connectivity index (χ0v) is 18.5. The van der Waals surface area contributed by atoms with Gasteiger partial charge in [-0.1, -0.05) is 18.2 Å². The van der Waals surface area contributed by atoms with Crippen LogP contribution in [-0.2, 0) is 9.59 Å². The van der Waals surface area contributed by atoms with Crippen LogP contribution in [0.5, 0.6) is 0 Å². The Morgan fingerprint density at radius 1 is 1.42 bits per heavy atom. The summed E-state index contributed by atoms with van der Waals surface area (Å²) in [4.78, 5) is 31.6. The van der Waals surface area contributed by atoms with E-state index in [1.54, 1.807) is 4.90 Å². The third-order valence-corrected chi connectivity index (χ3v) is 7.15. The van der Waals surface area contributed by atoms with Crippen molar-refractivity contribution >= 4 is 11.8 Å². The number of tetrazole rings is 1. The van der Waals surface area contributed by atoms with Crippen LogP contribution < -0.4 is 5.73 Å². The number of nitrogens with two attached hydrogens (primary N) is 1. The Morgan fingerprint density at radius 2 is 2.27 bits per heavy atom. The molecule has 11 heteroatoms. The average Bonchev–Trinajstić information content (AvgIpc) is 3.62. The number of likely N-dealkylation sites (tertiary alicyclic amines) is 3. The predicted octanol–water partition coefficient (Wildman–Crippen LogP) is 0.0547. The lowest BCUT2D eigenvalue weighted by Crippen LogP contribution is -2.56. The average molecular weight is 450 g/mol. The van der Waals surface area contributed by atoms with Crippen LogP contribution in [0.25, 0.3) is 11.4 Å². The SMILES string of the molecule is C[C@@H](c1cccc(-c2nnn[nH]2)c1)N1C(=O)[C@@H]2C[C@H]1CN2CC(N)C(=O)N1CCCC1C#N. The van der Waals surface area contributed by atoms with E-state index < -0.39 is 6.04 Å². The molecule has 2 unspecified atom stereocenters. The van der Waals surface area contributed by atoms with E-state index in [0.29, 0.717) is 31.9 Å². The Hall–Kier alpha value is -3.36. The standard InChI is InChI=1S/C22H27N9O2/c1-13(14-4-2-5-15(8-14)20-25-27-28-26-20)31-17-9-19(22(31)33)29(11-17)12-18(24)21(32)30-7-3-6-16(30)10-23/h2,4-5,8,13,16-19H,3,6-7,9,11-12,24H2,1H3,(H,25,26,27,28)/t13-,16?,17-,18?,19-/m0/s1. The number of hydrogen-bond acceptors (Lipinski definition) is 8. The van der Waals surface area contributed by atoms with Gasteiger partial charge < -0.3 is 15.5 Å². The number of hydrogen-bond donors (Lipinski definition) is 2. The van der Waals surface area contributed by atoms with E-state index in [9.17, 15) is 14.9 Å². The van der Waals surface area contributed by atoms with E-state index in [1.807, 2.05) is 41.0 Å². The zero-order valence-electron chi connectivity index (χ0n) is 18.5. The highest BCUT2D eigenvalue weighted by Gasteiger charge is 2.51. The molecule has 5 atom stereocenters. The van der Waals surface area contributed by atoms with E-state index in [1.165, 1.54) is 0 Å². The first-order valence-corrected chi connectivity index (χ1v) is 11.3. The van der Waals surface area contributed by atoms with Gasteiger partial charge in [0, 0.05) is 31.2 Å². The maximum Gasteiger partial charge on any atom is 0.241 e. The van der Waals surface area contributed by atoms with Gasteiger partial charge in [0.2, 0.25) is 11.8 Å². The molecule has 11 nitrogen and oxygen atoms in total. The normalized spacial score (nSPS) is 26.6. The Balaban J connectivity index is 1.24. The number of nitriles is 1. The van der Waals surface area contributed by atoms with Gasteiger partial charge in [0.25, 0.3) is 0 Å². The number of benzene rings is 1. The summed E-state index contributed by atoms with van der Waals surface area (Å²) in [5.74, 6) is 0.458. The number of rotatable bonds is 6. The van der Waals surface area contributed by atoms with Crippen molar-refractivity contribution in [3.05, 3.63) is 29.8 Å². The monoisotopic (exact) mass is 449 g/mol. The van der Waals surface area contributed by atoms with Gasteiger partial charge in [0.05, 0.1) is 24.2 Å². The van der Waals surface area contributed by atoms with E-state index in [0.717, 1.165) is 24.0 Å². The molecular formula is C22H27N9O2. The van der Waals surface area contributed by atoms with Crippen molar-refractivity contribution in [3.63, 3.8) is 0 Å². The number of piperazine rings is 1. The molecule has 3 saturated heterocycles. The fourth-order valence-corrected chi connectivity index (χ4v) is 5.49. The molecule has 3 N–H and O–H groups in total. The summed E-state index contributed by atoms with van der Waals surface area (Å²) >= 11 is 0. The molecule has 0 aliphatic carbocycles. The second kappa shape index (κ2) is 8.53. The lowest BCUT2D eigenvalue weighted by atomic mass is 10.0. The van der Waals surface area contributed by atoms with Crippen LogP contribution in [0.4, 0.5) is 0 Å². The van der Waals surface area contributed by atoms with Crippen LogP contribution in [-0.4, -0.2) is 90.9 Å². The van der Waals surface area contributed by atoms with E-state index in [-0.39, 0.29) is 36.0 Å². The van der Waals surface area contributed by atoms with Crippen LogP contribution >= 0.6 is 0 Å². The number of amides is 2. The molecule has 1 aromatic heterocycles. The summed E-state index contributed by atoms with van der Waals surface area (Å²) in [6.07, 6.45) is 2.26. The minimum atomic E-state index is -0.732. The molecule has 3 fully saturated rings. The highest BCUT2D eigenvalue weighted by Crippen LogP contribution is 2.38. The number of fused-ring (bicyclic) bond motifs is 2. The van der Waals surface area contributed by atoms with Gasteiger partial charge in [0.1, 0.15) is 6.04 Å². The molecule has 172 valence electrons. The van der Waals surface area contributed by atoms with Crippen LogP contribution in [0, 0.1) is 11.3 Å². The minimum absolute atomic E-state index is 0.0706. The Bertz CT molecular complexity index is 1080. The third kappa shape index (κ3) is 3.75. The molecule has 1 aromatic carbocycles. The molecule has 0 radical (unpaired) electrons. The molecule has 2 amide bonds. The third-order valence-electron chi connectivity index (χ3n) is 7.15. The molecule has 4 heterocycles. The second-order valence-electron chi connectivity index (χ2n) is 9.08. The highest BCUT2D eigenvalue weighted by molar-refractivity contribution is 5.87. The first kappa shape index (κ1) is 21.5. The number of carbonyl (C=O) groups is 2. The molecule has 0 saturated carbocycles. The first-order chi connectivity index (χ1) is 16.0. The summed E-state index contributed by atoms with van der Waals surface area (Å²) in [5.41, 5.74) is 8.11. The molecule has 0 spiro atoms. The summed E-state index contributed by atoms with van der Waals surface area (Å²) < 4.78 is 0. The fraction of sp³-hybridized carbons (Fsp3) is 0.545. The van der Waals surface area contributed by atoms with Crippen LogP contribution in [0.1, 0.15) is 37.8 Å². The van der Waals surface area contributed by atoms with Crippen molar-refractivity contribution in [2.24, 2.45) is 5.73 Å². The van der Waals surface area contributed by atoms with E-state index in [4.69, 9.17) is 5.73 Å². The summed E-state index contributed by atoms with van der Waals surface area (Å²) in [7, 11) is 0. The van der Waals surface area contributed by atoms with Crippen molar-refractivity contribution in [3.8, 4) is 17.5 Å². The van der Waals surface area contributed by atoms with Crippen LogP contribution in [0.3, 0.4) is 0 Å². The number of aromatic amines is 1. The highest BCUT2D eigenvalue weighted by atomic mass is 16.2. The zero-order chi connectivity index (χ0) is 23.1. The van der Waals surface area contributed by atoms with Crippen LogP contribution in [0.2, 0.25) is 0 Å². The Labute approximate surface area is 191 Å². The van der Waals surface area contributed by atoms with Crippen molar-refractivity contribution in [2.45, 2.75) is 56.4 Å². The van der Waals surface area contributed by atoms with Crippen molar-refractivity contribution in [1.29, 1.82) is 5.26 Å². The van der Waals surface area contributed by atoms with E-state index >= 15 is 0 Å². The predicted molar refractivity (Wildman–Crippen MR) is 117 cm³/mol. The summed E-state index contributed by atoms with van der Waals surface area (Å²) in [5, 5.41) is 23.2. The molecule has 5 rings (SSSR count). The van der Waals surface area contributed by atoms with Gasteiger partial charge in [-0.3, -0.25) is 14.5 Å². The Kier molecular flexibility index (Phi) is 5.55. The van der Waals surface area contributed by atoms with Crippen LogP contribution in [0.15, 0.2) is 24.3 Å². The number of nitrogens with zero attached hydrogens (tertiary/aromatic N) is 7. The lowest BCUT2D eigenvalue weighted by molar-refractivity contribution is -0.140. The van der Waals surface area contributed by atoms with Gasteiger partial charge >= 0.3 is 0 Å². The fourth-order valence-electron chi connectivity index (χ4n) is 5.49. The summed E-state index contributed by atoms with van der Waals surface area (Å²) in [6, 6.07) is 8.65. The number of nitrogens with one attached hydrogen (secondary N) is 1. The molecule has 3 aliphatic rings.